The molecule has 1 heterocycles. The molecule has 1 aliphatic rings. The van der Waals surface area contributed by atoms with Crippen molar-refractivity contribution in [3.63, 3.8) is 0 Å². The van der Waals surface area contributed by atoms with Crippen molar-refractivity contribution in [2.24, 2.45) is 0 Å². The van der Waals surface area contributed by atoms with Crippen molar-refractivity contribution >= 4 is 31.8 Å². The first-order chi connectivity index (χ1) is 17.3. The minimum atomic E-state index is -2.55. The number of ether oxygens (including phenoxy) is 2. The molecular formula is C29H42BNO5Si. The summed E-state index contributed by atoms with van der Waals surface area (Å²) in [6, 6.07) is 18.1. The van der Waals surface area contributed by atoms with E-state index in [-0.39, 0.29) is 12.6 Å². The van der Waals surface area contributed by atoms with Crippen molar-refractivity contribution < 1.29 is 23.6 Å². The minimum Gasteiger partial charge on any atom is -0.492 e. The van der Waals surface area contributed by atoms with Crippen molar-refractivity contribution in [1.29, 1.82) is 0 Å². The van der Waals surface area contributed by atoms with Crippen molar-refractivity contribution in [2.45, 2.75) is 58.9 Å². The van der Waals surface area contributed by atoms with E-state index in [2.05, 4.69) is 30.1 Å². The minimum absolute atomic E-state index is 0.289. The molecule has 2 aromatic carbocycles. The lowest BCUT2D eigenvalue weighted by Crippen LogP contribution is -2.48. The highest BCUT2D eigenvalue weighted by Crippen LogP contribution is 2.42. The van der Waals surface area contributed by atoms with Crippen LogP contribution in [-0.2, 0) is 18.8 Å². The van der Waals surface area contributed by atoms with Crippen LogP contribution in [0.25, 0.3) is 5.47 Å². The number of carbonyl (C=O) groups is 1. The van der Waals surface area contributed by atoms with Gasteiger partial charge in [-0.1, -0.05) is 60.7 Å². The third kappa shape index (κ3) is 6.55. The van der Waals surface area contributed by atoms with Gasteiger partial charge in [0.15, 0.2) is 0 Å². The van der Waals surface area contributed by atoms with Crippen LogP contribution in [0.3, 0.4) is 0 Å². The number of nitrogens with zero attached hydrogens (tertiary/aromatic N) is 1. The van der Waals surface area contributed by atoms with Crippen molar-refractivity contribution in [1.82, 2.24) is 4.90 Å². The van der Waals surface area contributed by atoms with Gasteiger partial charge in [0, 0.05) is 11.7 Å². The summed E-state index contributed by atoms with van der Waals surface area (Å²) in [5, 5.41) is 1.79. The molecule has 200 valence electrons. The monoisotopic (exact) mass is 523 g/mol. The van der Waals surface area contributed by atoms with Gasteiger partial charge in [-0.15, -0.1) is 0 Å². The molecule has 0 bridgehead atoms. The maximum Gasteiger partial charge on any atom is 0.495 e. The van der Waals surface area contributed by atoms with Gasteiger partial charge < -0.3 is 23.7 Å². The summed E-state index contributed by atoms with van der Waals surface area (Å²) in [6.07, 6.45) is 0. The maximum atomic E-state index is 13.7. The zero-order valence-electron chi connectivity index (χ0n) is 23.9. The Balaban J connectivity index is 2.20. The van der Waals surface area contributed by atoms with Crippen LogP contribution < -0.4 is 9.92 Å². The molecule has 0 spiro atoms. The fourth-order valence-corrected chi connectivity index (χ4v) is 7.17. The molecule has 6 nitrogen and oxygen atoms in total. The highest BCUT2D eigenvalue weighted by Gasteiger charge is 2.54. The van der Waals surface area contributed by atoms with E-state index >= 15 is 0 Å². The molecule has 1 fully saturated rings. The number of rotatable bonds is 10. The molecule has 0 N–H and O–H groups in total. The van der Waals surface area contributed by atoms with E-state index in [1.54, 1.807) is 0 Å². The predicted octanol–water partition coefficient (Wildman–Crippen LogP) is 4.73. The van der Waals surface area contributed by atoms with E-state index in [0.717, 1.165) is 28.5 Å². The SMILES string of the molecule is CCOC(=O)/C(=C(\B1OC(C)(C)C(C)(C)O1)c1ccc(OCCN(C)C)cc1)[Si](C)(C)c1ccccc1. The summed E-state index contributed by atoms with van der Waals surface area (Å²) in [5.41, 5.74) is 0.475. The summed E-state index contributed by atoms with van der Waals surface area (Å²) in [6.45, 7) is 16.0. The van der Waals surface area contributed by atoms with Crippen LogP contribution in [-0.4, -0.2) is 71.1 Å². The second-order valence-electron chi connectivity index (χ2n) is 11.3. The largest absolute Gasteiger partial charge is 0.495 e. The van der Waals surface area contributed by atoms with Gasteiger partial charge in [-0.3, -0.25) is 0 Å². The molecule has 0 aromatic heterocycles. The second-order valence-corrected chi connectivity index (χ2v) is 15.6. The van der Waals surface area contributed by atoms with Gasteiger partial charge in [-0.05, 0) is 71.9 Å². The zero-order chi connectivity index (χ0) is 27.4. The topological polar surface area (TPSA) is 57.2 Å². The van der Waals surface area contributed by atoms with Crippen molar-refractivity contribution in [3.05, 3.63) is 65.4 Å². The first-order valence-electron chi connectivity index (χ1n) is 13.0. The van der Waals surface area contributed by atoms with E-state index in [1.165, 1.54) is 0 Å². The molecular weight excluding hydrogens is 481 g/mol. The molecule has 37 heavy (non-hydrogen) atoms. The summed E-state index contributed by atoms with van der Waals surface area (Å²) in [4.78, 5) is 15.8. The van der Waals surface area contributed by atoms with Crippen LogP contribution in [0.2, 0.25) is 13.1 Å². The molecule has 0 saturated carbocycles. The lowest BCUT2D eigenvalue weighted by molar-refractivity contribution is -0.137. The van der Waals surface area contributed by atoms with Crippen molar-refractivity contribution in [3.8, 4) is 5.75 Å². The van der Waals surface area contributed by atoms with Gasteiger partial charge in [-0.2, -0.15) is 0 Å². The van der Waals surface area contributed by atoms with E-state index in [9.17, 15) is 4.79 Å². The summed E-state index contributed by atoms with van der Waals surface area (Å²) < 4.78 is 24.7. The second kappa shape index (κ2) is 11.6. The fourth-order valence-electron chi connectivity index (χ4n) is 4.34. The van der Waals surface area contributed by atoms with Gasteiger partial charge in [0.2, 0.25) is 0 Å². The number of carbonyl (C=O) groups excluding carboxylic acids is 1. The Hall–Kier alpha value is -2.39. The average molecular weight is 524 g/mol. The zero-order valence-corrected chi connectivity index (χ0v) is 24.9. The first-order valence-corrected chi connectivity index (χ1v) is 16.0. The fraction of sp³-hybridized carbons (Fsp3) is 0.483. The highest BCUT2D eigenvalue weighted by molar-refractivity contribution is 7.01. The van der Waals surface area contributed by atoms with E-state index in [4.69, 9.17) is 18.8 Å². The number of hydrogen-bond donors (Lipinski definition) is 0. The third-order valence-electron chi connectivity index (χ3n) is 7.33. The van der Waals surface area contributed by atoms with E-state index < -0.39 is 26.4 Å². The van der Waals surface area contributed by atoms with Gasteiger partial charge in [0.25, 0.3) is 0 Å². The number of benzene rings is 2. The van der Waals surface area contributed by atoms with Gasteiger partial charge in [0.1, 0.15) is 20.4 Å². The Morgan fingerprint density at radius 2 is 1.51 bits per heavy atom. The summed E-state index contributed by atoms with van der Waals surface area (Å²) >= 11 is 0. The summed E-state index contributed by atoms with van der Waals surface area (Å²) in [5.74, 6) is 0.454. The predicted molar refractivity (Wildman–Crippen MR) is 154 cm³/mol. The van der Waals surface area contributed by atoms with Gasteiger partial charge in [0.05, 0.1) is 17.8 Å². The molecule has 3 rings (SSSR count). The van der Waals surface area contributed by atoms with Crippen LogP contribution in [0.5, 0.6) is 5.75 Å². The lowest BCUT2D eigenvalue weighted by atomic mass is 9.73. The highest BCUT2D eigenvalue weighted by atomic mass is 28.3. The maximum absolute atomic E-state index is 13.7. The van der Waals surface area contributed by atoms with Gasteiger partial charge >= 0.3 is 13.1 Å². The molecule has 2 aromatic rings. The van der Waals surface area contributed by atoms with Crippen LogP contribution in [0.1, 0.15) is 40.2 Å². The Labute approximate surface area is 224 Å². The van der Waals surface area contributed by atoms with Crippen LogP contribution in [0, 0.1) is 0 Å². The summed E-state index contributed by atoms with van der Waals surface area (Å²) in [7, 11) is 0.759. The Kier molecular flexibility index (Phi) is 9.11. The molecule has 0 radical (unpaired) electrons. The van der Waals surface area contributed by atoms with Gasteiger partial charge in [-0.25, -0.2) is 4.79 Å². The Morgan fingerprint density at radius 1 is 0.946 bits per heavy atom. The molecule has 0 amide bonds. The molecule has 1 saturated heterocycles. The molecule has 0 unspecified atom stereocenters. The number of esters is 1. The van der Waals surface area contributed by atoms with Crippen LogP contribution >= 0.6 is 0 Å². The standard InChI is InChI=1S/C29H42BNO5Si/c1-10-33-27(32)26(37(8,9)24-14-12-11-13-15-24)25(30-35-28(2,3)29(4,5)36-30)22-16-18-23(19-17-22)34-21-20-31(6)7/h11-19H,10,20-21H2,1-9H3/b26-25+. The van der Waals surface area contributed by atoms with Crippen molar-refractivity contribution in [2.75, 3.05) is 33.9 Å². The molecule has 0 atom stereocenters. The number of hydrogen-bond acceptors (Lipinski definition) is 6. The lowest BCUT2D eigenvalue weighted by Gasteiger charge is -2.32. The van der Waals surface area contributed by atoms with Crippen LogP contribution in [0.15, 0.2) is 59.8 Å². The van der Waals surface area contributed by atoms with E-state index in [1.807, 2.05) is 91.2 Å². The molecule has 0 aliphatic carbocycles. The molecule has 1 aliphatic heterocycles. The average Bonchev–Trinajstić information content (AvgIpc) is 3.04. The third-order valence-corrected chi connectivity index (χ3v) is 10.8. The first kappa shape index (κ1) is 29.2. The quantitative estimate of drug-likeness (QED) is 0.255. The molecule has 8 heteroatoms. The number of likely N-dealkylation sites (N-methyl/N-ethyl adjacent to an activating group) is 1. The normalized spacial score (nSPS) is 17.5. The van der Waals surface area contributed by atoms with E-state index in [0.29, 0.717) is 11.8 Å². The van der Waals surface area contributed by atoms with Crippen LogP contribution in [0.4, 0.5) is 0 Å². The Morgan fingerprint density at radius 3 is 2.03 bits per heavy atom. The Bertz CT molecular complexity index is 1080. The smallest absolute Gasteiger partial charge is 0.492 e.